The normalized spacial score (nSPS) is 11.6. The molecule has 0 spiro atoms. The molecular formula is C19H23BF3NO. The minimum absolute atomic E-state index is 0.383. The van der Waals surface area contributed by atoms with Crippen LogP contribution in [-0.4, -0.2) is 26.6 Å². The number of halogens is 3. The molecule has 134 valence electrons. The zero-order valence-corrected chi connectivity index (χ0v) is 14.6. The van der Waals surface area contributed by atoms with Crippen molar-refractivity contribution in [2.75, 3.05) is 19.7 Å². The molecular weight excluding hydrogens is 326 g/mol. The zero-order chi connectivity index (χ0) is 18.3. The van der Waals surface area contributed by atoms with Crippen LogP contribution in [0.4, 0.5) is 13.2 Å². The number of nitrogens with one attached hydrogen (secondary N) is 1. The summed E-state index contributed by atoms with van der Waals surface area (Å²) in [4.78, 5) is 0. The van der Waals surface area contributed by atoms with Crippen molar-refractivity contribution in [3.05, 3.63) is 59.7 Å². The van der Waals surface area contributed by atoms with Crippen molar-refractivity contribution >= 4 is 17.8 Å². The van der Waals surface area contributed by atoms with E-state index in [1.165, 1.54) is 12.1 Å². The molecule has 6 heteroatoms. The van der Waals surface area contributed by atoms with E-state index in [1.54, 1.807) is 0 Å². The Bertz CT molecular complexity index is 641. The molecule has 0 aliphatic carbocycles. The van der Waals surface area contributed by atoms with E-state index in [4.69, 9.17) is 4.65 Å². The Balaban J connectivity index is 2.17. The van der Waals surface area contributed by atoms with Crippen LogP contribution in [-0.2, 0) is 10.8 Å². The molecule has 0 atom stereocenters. The molecule has 0 unspecified atom stereocenters. The molecule has 0 saturated carbocycles. The number of aryl methyl sites for hydroxylation is 1. The van der Waals surface area contributed by atoms with E-state index in [0.29, 0.717) is 18.6 Å². The lowest BCUT2D eigenvalue weighted by Gasteiger charge is -2.17. The van der Waals surface area contributed by atoms with Gasteiger partial charge in [-0.3, -0.25) is 0 Å². The van der Waals surface area contributed by atoms with Gasteiger partial charge in [-0.15, -0.1) is 0 Å². The molecule has 2 aromatic rings. The summed E-state index contributed by atoms with van der Waals surface area (Å²) in [6.07, 6.45) is -3.29. The van der Waals surface area contributed by atoms with Gasteiger partial charge in [0.15, 0.2) is 0 Å². The Hall–Kier alpha value is -1.79. The summed E-state index contributed by atoms with van der Waals surface area (Å²) in [5, 5.41) is 3.26. The predicted octanol–water partition coefficient (Wildman–Crippen LogP) is 3.14. The van der Waals surface area contributed by atoms with Gasteiger partial charge < -0.3 is 9.97 Å². The summed E-state index contributed by atoms with van der Waals surface area (Å²) in [6, 6.07) is 13.1. The first-order valence-electron chi connectivity index (χ1n) is 8.48. The molecule has 0 saturated heterocycles. The molecule has 0 aliphatic rings. The van der Waals surface area contributed by atoms with Gasteiger partial charge in [-0.2, -0.15) is 13.2 Å². The van der Waals surface area contributed by atoms with Crippen molar-refractivity contribution in [3.8, 4) is 0 Å². The SMILES string of the molecule is CCCNCCOB(c1ccc(C)cc1)c1ccc(C(F)(F)F)cc1. The minimum Gasteiger partial charge on any atom is -0.426 e. The highest BCUT2D eigenvalue weighted by Crippen LogP contribution is 2.28. The van der Waals surface area contributed by atoms with Crippen LogP contribution >= 0.6 is 0 Å². The van der Waals surface area contributed by atoms with Gasteiger partial charge in [0.2, 0.25) is 0 Å². The van der Waals surface area contributed by atoms with Gasteiger partial charge in [-0.05, 0) is 30.8 Å². The highest BCUT2D eigenvalue weighted by atomic mass is 19.4. The molecule has 1 N–H and O–H groups in total. The van der Waals surface area contributed by atoms with Crippen LogP contribution in [0, 0.1) is 6.92 Å². The van der Waals surface area contributed by atoms with Crippen molar-refractivity contribution in [1.29, 1.82) is 0 Å². The first-order valence-corrected chi connectivity index (χ1v) is 8.48. The first-order chi connectivity index (χ1) is 11.9. The quantitative estimate of drug-likeness (QED) is 0.584. The van der Waals surface area contributed by atoms with E-state index < -0.39 is 11.7 Å². The Labute approximate surface area is 147 Å². The van der Waals surface area contributed by atoms with Crippen LogP contribution in [0.15, 0.2) is 48.5 Å². The third kappa shape index (κ3) is 5.90. The van der Waals surface area contributed by atoms with Crippen molar-refractivity contribution in [3.63, 3.8) is 0 Å². The van der Waals surface area contributed by atoms with Gasteiger partial charge in [-0.25, -0.2) is 0 Å². The first kappa shape index (κ1) is 19.5. The Morgan fingerprint density at radius 2 is 1.48 bits per heavy atom. The second-order valence-electron chi connectivity index (χ2n) is 6.03. The molecule has 0 bridgehead atoms. The number of hydrogen-bond acceptors (Lipinski definition) is 2. The van der Waals surface area contributed by atoms with Crippen molar-refractivity contribution in [1.82, 2.24) is 5.32 Å². The molecule has 0 fully saturated rings. The average Bonchev–Trinajstić information content (AvgIpc) is 2.59. The molecule has 2 rings (SSSR count). The lowest BCUT2D eigenvalue weighted by molar-refractivity contribution is -0.137. The number of alkyl halides is 3. The van der Waals surface area contributed by atoms with Gasteiger partial charge in [0.25, 0.3) is 0 Å². The molecule has 2 aromatic carbocycles. The Morgan fingerprint density at radius 1 is 0.920 bits per heavy atom. The zero-order valence-electron chi connectivity index (χ0n) is 14.6. The van der Waals surface area contributed by atoms with E-state index >= 15 is 0 Å². The van der Waals surface area contributed by atoms with Crippen LogP contribution in [0.3, 0.4) is 0 Å². The predicted molar refractivity (Wildman–Crippen MR) is 96.8 cm³/mol. The van der Waals surface area contributed by atoms with Gasteiger partial charge in [0, 0.05) is 13.2 Å². The molecule has 0 radical (unpaired) electrons. The maximum Gasteiger partial charge on any atom is 0.416 e. The summed E-state index contributed by atoms with van der Waals surface area (Å²) in [5.41, 5.74) is 2.12. The fraction of sp³-hybridized carbons (Fsp3) is 0.368. The molecule has 2 nitrogen and oxygen atoms in total. The lowest BCUT2D eigenvalue weighted by Crippen LogP contribution is -2.46. The Kier molecular flexibility index (Phi) is 7.08. The summed E-state index contributed by atoms with van der Waals surface area (Å²) >= 11 is 0. The standard InChI is InChI=1S/C19H23BF3NO/c1-3-12-24-13-14-25-20(17-8-4-15(2)5-9-17)18-10-6-16(7-11-18)19(21,22)23/h4-11,24H,3,12-14H2,1-2H3. The summed E-state index contributed by atoms with van der Waals surface area (Å²) in [7, 11) is 0. The van der Waals surface area contributed by atoms with Gasteiger partial charge in [0.05, 0.1) is 5.56 Å². The van der Waals surface area contributed by atoms with E-state index in [1.807, 2.05) is 31.2 Å². The highest BCUT2D eigenvalue weighted by molar-refractivity contribution is 6.80. The van der Waals surface area contributed by atoms with Crippen molar-refractivity contribution < 1.29 is 17.8 Å². The van der Waals surface area contributed by atoms with Crippen molar-refractivity contribution in [2.45, 2.75) is 26.4 Å². The molecule has 0 aliphatic heterocycles. The third-order valence-corrected chi connectivity index (χ3v) is 3.91. The second-order valence-corrected chi connectivity index (χ2v) is 6.03. The van der Waals surface area contributed by atoms with Crippen molar-refractivity contribution in [2.24, 2.45) is 0 Å². The second kappa shape index (κ2) is 9.06. The fourth-order valence-electron chi connectivity index (χ4n) is 2.52. The number of benzene rings is 2. The van der Waals surface area contributed by atoms with Crippen LogP contribution in [0.2, 0.25) is 0 Å². The molecule has 0 aromatic heterocycles. The van der Waals surface area contributed by atoms with E-state index in [0.717, 1.165) is 36.1 Å². The molecule has 0 heterocycles. The monoisotopic (exact) mass is 349 g/mol. The maximum atomic E-state index is 12.8. The third-order valence-electron chi connectivity index (χ3n) is 3.91. The van der Waals surface area contributed by atoms with Gasteiger partial charge in [0.1, 0.15) is 0 Å². The van der Waals surface area contributed by atoms with Crippen LogP contribution in [0.1, 0.15) is 24.5 Å². The molecule has 25 heavy (non-hydrogen) atoms. The summed E-state index contributed by atoms with van der Waals surface area (Å²) in [5.74, 6) is 0. The number of hydrogen-bond donors (Lipinski definition) is 1. The van der Waals surface area contributed by atoms with E-state index in [9.17, 15) is 13.2 Å². The van der Waals surface area contributed by atoms with E-state index in [2.05, 4.69) is 12.2 Å². The Morgan fingerprint density at radius 3 is 2.00 bits per heavy atom. The smallest absolute Gasteiger partial charge is 0.416 e. The maximum absolute atomic E-state index is 12.8. The van der Waals surface area contributed by atoms with E-state index in [-0.39, 0.29) is 6.92 Å². The van der Waals surface area contributed by atoms with Crippen LogP contribution in [0.25, 0.3) is 0 Å². The fourth-order valence-corrected chi connectivity index (χ4v) is 2.52. The minimum atomic E-state index is -4.33. The topological polar surface area (TPSA) is 21.3 Å². The summed E-state index contributed by atoms with van der Waals surface area (Å²) < 4.78 is 44.3. The van der Waals surface area contributed by atoms with Gasteiger partial charge >= 0.3 is 13.1 Å². The highest BCUT2D eigenvalue weighted by Gasteiger charge is 2.31. The lowest BCUT2D eigenvalue weighted by atomic mass is 9.55. The van der Waals surface area contributed by atoms with Crippen LogP contribution < -0.4 is 16.2 Å². The molecule has 0 amide bonds. The van der Waals surface area contributed by atoms with Crippen LogP contribution in [0.5, 0.6) is 0 Å². The summed E-state index contributed by atoms with van der Waals surface area (Å²) in [6.45, 7) is 5.80. The average molecular weight is 349 g/mol. The van der Waals surface area contributed by atoms with Gasteiger partial charge in [-0.1, -0.05) is 61.0 Å². The number of rotatable bonds is 8. The largest absolute Gasteiger partial charge is 0.426 e.